The summed E-state index contributed by atoms with van der Waals surface area (Å²) in [6, 6.07) is 14.0. The fourth-order valence-corrected chi connectivity index (χ4v) is 1.59. The van der Waals surface area contributed by atoms with Crippen molar-refractivity contribution in [2.75, 3.05) is 18.5 Å². The number of anilines is 1. The summed E-state index contributed by atoms with van der Waals surface area (Å²) < 4.78 is 0. The lowest BCUT2D eigenvalue weighted by Gasteiger charge is -2.13. The van der Waals surface area contributed by atoms with E-state index in [1.807, 2.05) is 43.4 Å². The molecule has 0 aliphatic rings. The molecule has 0 saturated heterocycles. The lowest BCUT2D eigenvalue weighted by molar-refractivity contribution is 0.934. The molecule has 4 nitrogen and oxygen atoms in total. The molecule has 2 aromatic rings. The van der Waals surface area contributed by atoms with Gasteiger partial charge in [0.2, 0.25) is 0 Å². The van der Waals surface area contributed by atoms with E-state index in [0.29, 0.717) is 12.4 Å². The molecule has 0 aliphatic heterocycles. The first-order chi connectivity index (χ1) is 8.70. The van der Waals surface area contributed by atoms with Crippen molar-refractivity contribution in [2.45, 2.75) is 6.92 Å². The van der Waals surface area contributed by atoms with E-state index in [1.54, 1.807) is 4.90 Å². The summed E-state index contributed by atoms with van der Waals surface area (Å²) in [4.78, 5) is 1.76. The van der Waals surface area contributed by atoms with Gasteiger partial charge in [0.1, 0.15) is 6.54 Å². The maximum atomic E-state index is 8.62. The van der Waals surface area contributed by atoms with E-state index >= 15 is 0 Å². The summed E-state index contributed by atoms with van der Waals surface area (Å²) >= 11 is 0. The zero-order valence-electron chi connectivity index (χ0n) is 10.5. The first-order valence-corrected chi connectivity index (χ1v) is 5.69. The van der Waals surface area contributed by atoms with Gasteiger partial charge in [-0.2, -0.15) is 5.26 Å². The van der Waals surface area contributed by atoms with E-state index in [9.17, 15) is 0 Å². The fraction of sp³-hybridized carbons (Fsp3) is 0.214. The highest BCUT2D eigenvalue weighted by Gasteiger charge is 2.04. The molecule has 2 rings (SSSR count). The first kappa shape index (κ1) is 12.1. The van der Waals surface area contributed by atoms with Crippen LogP contribution in [0.4, 0.5) is 5.82 Å². The van der Waals surface area contributed by atoms with Crippen LogP contribution in [0.2, 0.25) is 0 Å². The zero-order chi connectivity index (χ0) is 13.0. The predicted octanol–water partition coefficient (Wildman–Crippen LogP) is 2.41. The summed E-state index contributed by atoms with van der Waals surface area (Å²) in [5.41, 5.74) is 3.10. The molecule has 0 unspecified atom stereocenters. The van der Waals surface area contributed by atoms with Crippen molar-refractivity contribution in [1.82, 2.24) is 10.2 Å². The third-order valence-corrected chi connectivity index (χ3v) is 2.70. The summed E-state index contributed by atoms with van der Waals surface area (Å²) in [5, 5.41) is 16.9. The van der Waals surface area contributed by atoms with E-state index in [2.05, 4.69) is 23.2 Å². The molecule has 0 bridgehead atoms. The molecule has 0 saturated carbocycles. The maximum Gasteiger partial charge on any atom is 0.151 e. The Balaban J connectivity index is 2.22. The van der Waals surface area contributed by atoms with Gasteiger partial charge < -0.3 is 4.90 Å². The molecule has 0 fully saturated rings. The van der Waals surface area contributed by atoms with Gasteiger partial charge in [-0.3, -0.25) is 0 Å². The van der Waals surface area contributed by atoms with Gasteiger partial charge >= 0.3 is 0 Å². The van der Waals surface area contributed by atoms with Gasteiger partial charge in [-0.1, -0.05) is 29.8 Å². The number of rotatable bonds is 3. The third kappa shape index (κ3) is 2.64. The highest BCUT2D eigenvalue weighted by atomic mass is 15.2. The molecular weight excluding hydrogens is 224 g/mol. The quantitative estimate of drug-likeness (QED) is 0.770. The number of benzene rings is 1. The van der Waals surface area contributed by atoms with Gasteiger partial charge in [0.25, 0.3) is 0 Å². The smallest absolute Gasteiger partial charge is 0.151 e. The molecule has 18 heavy (non-hydrogen) atoms. The molecule has 1 aromatic carbocycles. The van der Waals surface area contributed by atoms with Crippen molar-refractivity contribution in [3.05, 3.63) is 42.0 Å². The van der Waals surface area contributed by atoms with Crippen molar-refractivity contribution in [3.8, 4) is 17.3 Å². The standard InChI is InChI=1S/C14H14N4/c1-11-3-5-12(6-4-11)13-7-8-14(17-16-13)18(2)10-9-15/h3-8H,10H2,1-2H3. The highest BCUT2D eigenvalue weighted by molar-refractivity contribution is 5.60. The second-order valence-corrected chi connectivity index (χ2v) is 4.16. The second-order valence-electron chi connectivity index (χ2n) is 4.16. The molecule has 90 valence electrons. The van der Waals surface area contributed by atoms with Crippen LogP contribution in [-0.2, 0) is 0 Å². The molecule has 0 N–H and O–H groups in total. The Morgan fingerprint density at radius 2 is 1.83 bits per heavy atom. The normalized spacial score (nSPS) is 9.83. The minimum absolute atomic E-state index is 0.304. The molecule has 4 heteroatoms. The minimum Gasteiger partial charge on any atom is -0.345 e. The average Bonchev–Trinajstić information content (AvgIpc) is 2.40. The SMILES string of the molecule is Cc1ccc(-c2ccc(N(C)CC#N)nn2)cc1. The monoisotopic (exact) mass is 238 g/mol. The second kappa shape index (κ2) is 5.28. The van der Waals surface area contributed by atoms with Crippen LogP contribution >= 0.6 is 0 Å². The Labute approximate surface area is 107 Å². The van der Waals surface area contributed by atoms with E-state index in [1.165, 1.54) is 5.56 Å². The number of aryl methyl sites for hydroxylation is 1. The number of nitriles is 1. The molecule has 0 radical (unpaired) electrons. The van der Waals surface area contributed by atoms with Gasteiger partial charge in [0, 0.05) is 12.6 Å². The van der Waals surface area contributed by atoms with Crippen LogP contribution in [-0.4, -0.2) is 23.8 Å². The molecule has 1 aromatic heterocycles. The summed E-state index contributed by atoms with van der Waals surface area (Å²) in [6.07, 6.45) is 0. The zero-order valence-corrected chi connectivity index (χ0v) is 10.5. The van der Waals surface area contributed by atoms with Crippen LogP contribution in [0.25, 0.3) is 11.3 Å². The third-order valence-electron chi connectivity index (χ3n) is 2.70. The number of nitrogens with zero attached hydrogens (tertiary/aromatic N) is 4. The van der Waals surface area contributed by atoms with Crippen LogP contribution in [0, 0.1) is 18.3 Å². The van der Waals surface area contributed by atoms with Gasteiger partial charge in [-0.15, -0.1) is 10.2 Å². The van der Waals surface area contributed by atoms with E-state index in [-0.39, 0.29) is 0 Å². The molecule has 0 atom stereocenters. The van der Waals surface area contributed by atoms with Crippen molar-refractivity contribution in [1.29, 1.82) is 5.26 Å². The lowest BCUT2D eigenvalue weighted by atomic mass is 10.1. The molecular formula is C14H14N4. The minimum atomic E-state index is 0.304. The molecule has 0 aliphatic carbocycles. The van der Waals surface area contributed by atoms with Gasteiger partial charge in [0.05, 0.1) is 11.8 Å². The number of hydrogen-bond acceptors (Lipinski definition) is 4. The average molecular weight is 238 g/mol. The number of hydrogen-bond donors (Lipinski definition) is 0. The lowest BCUT2D eigenvalue weighted by Crippen LogP contribution is -2.18. The molecule has 0 amide bonds. The largest absolute Gasteiger partial charge is 0.345 e. The Morgan fingerprint density at radius 3 is 2.39 bits per heavy atom. The van der Waals surface area contributed by atoms with Crippen LogP contribution in [0.1, 0.15) is 5.56 Å². The Kier molecular flexibility index (Phi) is 3.54. The van der Waals surface area contributed by atoms with E-state index in [4.69, 9.17) is 5.26 Å². The topological polar surface area (TPSA) is 52.8 Å². The van der Waals surface area contributed by atoms with Crippen LogP contribution in [0.5, 0.6) is 0 Å². The van der Waals surface area contributed by atoms with Crippen molar-refractivity contribution < 1.29 is 0 Å². The van der Waals surface area contributed by atoms with Crippen LogP contribution < -0.4 is 4.90 Å². The van der Waals surface area contributed by atoms with Crippen molar-refractivity contribution in [2.24, 2.45) is 0 Å². The predicted molar refractivity (Wildman–Crippen MR) is 71.1 cm³/mol. The summed E-state index contributed by atoms with van der Waals surface area (Å²) in [7, 11) is 1.82. The fourth-order valence-electron chi connectivity index (χ4n) is 1.59. The van der Waals surface area contributed by atoms with E-state index < -0.39 is 0 Å². The van der Waals surface area contributed by atoms with E-state index in [0.717, 1.165) is 11.3 Å². The van der Waals surface area contributed by atoms with Crippen molar-refractivity contribution in [3.63, 3.8) is 0 Å². The molecule has 1 heterocycles. The Hall–Kier alpha value is -2.41. The van der Waals surface area contributed by atoms with Gasteiger partial charge in [-0.05, 0) is 19.1 Å². The summed E-state index contributed by atoms with van der Waals surface area (Å²) in [6.45, 7) is 2.36. The number of aromatic nitrogens is 2. The summed E-state index contributed by atoms with van der Waals surface area (Å²) in [5.74, 6) is 0.701. The first-order valence-electron chi connectivity index (χ1n) is 5.69. The molecule has 0 spiro atoms. The highest BCUT2D eigenvalue weighted by Crippen LogP contribution is 2.18. The van der Waals surface area contributed by atoms with Gasteiger partial charge in [0.15, 0.2) is 5.82 Å². The Morgan fingerprint density at radius 1 is 1.11 bits per heavy atom. The van der Waals surface area contributed by atoms with Gasteiger partial charge in [-0.25, -0.2) is 0 Å². The maximum absolute atomic E-state index is 8.62. The van der Waals surface area contributed by atoms with Crippen molar-refractivity contribution >= 4 is 5.82 Å². The van der Waals surface area contributed by atoms with Crippen LogP contribution in [0.3, 0.4) is 0 Å². The Bertz CT molecular complexity index is 552. The van der Waals surface area contributed by atoms with Crippen LogP contribution in [0.15, 0.2) is 36.4 Å².